The van der Waals surface area contributed by atoms with Crippen molar-refractivity contribution in [3.05, 3.63) is 12.2 Å². The van der Waals surface area contributed by atoms with E-state index in [9.17, 15) is 4.79 Å². The van der Waals surface area contributed by atoms with E-state index in [1.165, 1.54) is 38.5 Å². The molecule has 0 unspecified atom stereocenters. The van der Waals surface area contributed by atoms with Crippen LogP contribution in [0.5, 0.6) is 0 Å². The molecule has 0 heterocycles. The number of allylic oxidation sites excluding steroid dienone is 2. The van der Waals surface area contributed by atoms with Crippen LogP contribution >= 0.6 is 0 Å². The van der Waals surface area contributed by atoms with Crippen molar-refractivity contribution in [1.29, 1.82) is 0 Å². The van der Waals surface area contributed by atoms with Gasteiger partial charge in [0, 0.05) is 18.4 Å². The molecule has 0 aliphatic rings. The van der Waals surface area contributed by atoms with Gasteiger partial charge in [-0.3, -0.25) is 4.79 Å². The molecule has 0 saturated heterocycles. The van der Waals surface area contributed by atoms with Gasteiger partial charge in [-0.05, 0) is 32.1 Å². The highest BCUT2D eigenvalue weighted by Gasteiger charge is 1.99. The molecule has 0 aliphatic carbocycles. The number of aliphatic hydroxyl groups is 1. The van der Waals surface area contributed by atoms with Crippen LogP contribution in [0.3, 0.4) is 0 Å². The lowest BCUT2D eigenvalue weighted by Gasteiger charge is -2.03. The highest BCUT2D eigenvalue weighted by molar-refractivity contribution is 5.75. The van der Waals surface area contributed by atoms with E-state index in [2.05, 4.69) is 24.4 Å². The maximum Gasteiger partial charge on any atom is 0.220 e. The Bertz CT molecular complexity index is 415. The Hall–Kier alpha value is -0.830. The van der Waals surface area contributed by atoms with Gasteiger partial charge >= 0.3 is 0 Å². The molecule has 136 valence electrons. The first-order valence-electron chi connectivity index (χ1n) is 11.3. The molecule has 0 rings (SSSR count). The second-order valence-electron chi connectivity index (χ2n) is 5.91. The third kappa shape index (κ3) is 19.1. The fourth-order valence-corrected chi connectivity index (χ4v) is 2.29. The Morgan fingerprint density at radius 2 is 1.52 bits per heavy atom. The van der Waals surface area contributed by atoms with Crippen molar-refractivity contribution in [3.63, 3.8) is 0 Å². The molecule has 2 N–H and O–H groups in total. The van der Waals surface area contributed by atoms with Crippen LogP contribution in [0.4, 0.5) is 0 Å². The Kier molecular flexibility index (Phi) is 13.1. The lowest BCUT2D eigenvalue weighted by Crippen LogP contribution is -2.25. The summed E-state index contributed by atoms with van der Waals surface area (Å²) in [4.78, 5) is 11.8. The molecular formula is C20H39NO2. The van der Waals surface area contributed by atoms with Crippen LogP contribution in [0.15, 0.2) is 12.2 Å². The van der Waals surface area contributed by atoms with Crippen molar-refractivity contribution in [3.8, 4) is 0 Å². The maximum absolute atomic E-state index is 11.8. The van der Waals surface area contributed by atoms with Gasteiger partial charge in [-0.1, -0.05) is 70.4 Å². The Morgan fingerprint density at radius 1 is 0.957 bits per heavy atom. The molecule has 0 aliphatic heterocycles. The van der Waals surface area contributed by atoms with E-state index in [1.807, 2.05) is 0 Å². The number of carbonyl (C=O) groups excluding carboxylic acids is 1. The number of nitrogens with one attached hydrogen (secondary N) is 1. The molecule has 0 spiro atoms. The minimum atomic E-state index is -2.60. The lowest BCUT2D eigenvalue weighted by atomic mass is 10.1. The van der Waals surface area contributed by atoms with Crippen molar-refractivity contribution in [2.45, 2.75) is 96.7 Å². The SMILES string of the molecule is [2H]C([2H])(CCCCCC=CCCCCCCCC)C([2H])([2H])C(=O)NCCO. The first-order valence-corrected chi connectivity index (χ1v) is 9.33. The molecule has 0 bridgehead atoms. The van der Waals surface area contributed by atoms with Crippen LogP contribution in [0.1, 0.15) is 102 Å². The van der Waals surface area contributed by atoms with Crippen LogP contribution in [-0.4, -0.2) is 24.2 Å². The summed E-state index contributed by atoms with van der Waals surface area (Å²) >= 11 is 0. The van der Waals surface area contributed by atoms with E-state index < -0.39 is 18.7 Å². The van der Waals surface area contributed by atoms with Gasteiger partial charge in [0.25, 0.3) is 0 Å². The number of rotatable bonds is 17. The highest BCUT2D eigenvalue weighted by Crippen LogP contribution is 2.09. The van der Waals surface area contributed by atoms with Gasteiger partial charge in [-0.25, -0.2) is 0 Å². The molecule has 0 atom stereocenters. The van der Waals surface area contributed by atoms with Crippen LogP contribution < -0.4 is 5.32 Å². The van der Waals surface area contributed by atoms with E-state index in [0.29, 0.717) is 6.42 Å². The first-order chi connectivity index (χ1) is 12.8. The highest BCUT2D eigenvalue weighted by atomic mass is 16.3. The predicted molar refractivity (Wildman–Crippen MR) is 99.5 cm³/mol. The number of hydrogen-bond donors (Lipinski definition) is 2. The fourth-order valence-electron chi connectivity index (χ4n) is 2.29. The number of aliphatic hydroxyl groups excluding tert-OH is 1. The average molecular weight is 330 g/mol. The maximum atomic E-state index is 11.8. The third-order valence-corrected chi connectivity index (χ3v) is 3.66. The number of unbranched alkanes of at least 4 members (excludes halogenated alkanes) is 9. The summed E-state index contributed by atoms with van der Waals surface area (Å²) in [6, 6.07) is 0. The largest absolute Gasteiger partial charge is 0.395 e. The van der Waals surface area contributed by atoms with Crippen molar-refractivity contribution in [1.82, 2.24) is 5.32 Å². The zero-order chi connectivity index (χ0) is 20.6. The lowest BCUT2D eigenvalue weighted by molar-refractivity contribution is -0.121. The minimum absolute atomic E-state index is 0.00796. The number of amides is 1. The molecule has 0 aromatic rings. The molecule has 0 saturated carbocycles. The Labute approximate surface area is 149 Å². The predicted octanol–water partition coefficient (Wildman–Crippen LogP) is 5.13. The summed E-state index contributed by atoms with van der Waals surface area (Å²) in [7, 11) is 0. The van der Waals surface area contributed by atoms with Gasteiger partial charge < -0.3 is 10.4 Å². The smallest absolute Gasteiger partial charge is 0.220 e. The third-order valence-electron chi connectivity index (χ3n) is 3.66. The molecule has 3 nitrogen and oxygen atoms in total. The van der Waals surface area contributed by atoms with E-state index in [4.69, 9.17) is 10.6 Å². The van der Waals surface area contributed by atoms with Crippen LogP contribution in [0.25, 0.3) is 0 Å². The van der Waals surface area contributed by atoms with Crippen molar-refractivity contribution in [2.24, 2.45) is 0 Å². The van der Waals surface area contributed by atoms with E-state index in [-0.39, 0.29) is 19.6 Å². The fraction of sp³-hybridized carbons (Fsp3) is 0.850. The summed E-state index contributed by atoms with van der Waals surface area (Å²) in [5.41, 5.74) is 0. The molecule has 3 heteroatoms. The van der Waals surface area contributed by atoms with Crippen molar-refractivity contribution in [2.75, 3.05) is 13.2 Å². The molecule has 0 radical (unpaired) electrons. The Balaban J connectivity index is 3.83. The zero-order valence-electron chi connectivity index (χ0n) is 18.9. The molecule has 0 aromatic carbocycles. The summed E-state index contributed by atoms with van der Waals surface area (Å²) in [6.07, 6.45) is 11.8. The molecule has 0 aromatic heterocycles. The summed E-state index contributed by atoms with van der Waals surface area (Å²) < 4.78 is 31.3. The first kappa shape index (κ1) is 15.7. The standard InChI is InChI=1S/C20H39NO2/c1-2-3-4-5-6-7-8-9-10-11-12-13-14-15-16-17-20(23)21-18-19-22/h9-10,22H,2-8,11-19H2,1H3,(H,21,23)/i16D2,17D2. The quantitative estimate of drug-likeness (QED) is 0.287. The number of hydrogen-bond acceptors (Lipinski definition) is 2. The second-order valence-corrected chi connectivity index (χ2v) is 5.91. The van der Waals surface area contributed by atoms with Gasteiger partial charge in [0.2, 0.25) is 5.91 Å². The summed E-state index contributed by atoms with van der Waals surface area (Å²) in [6.45, 7) is 1.86. The second kappa shape index (κ2) is 19.2. The average Bonchev–Trinajstić information content (AvgIpc) is 2.63. The molecule has 0 fully saturated rings. The van der Waals surface area contributed by atoms with E-state index in [0.717, 1.165) is 25.7 Å². The van der Waals surface area contributed by atoms with E-state index >= 15 is 0 Å². The van der Waals surface area contributed by atoms with E-state index in [1.54, 1.807) is 0 Å². The summed E-state index contributed by atoms with van der Waals surface area (Å²) in [5, 5.41) is 10.9. The van der Waals surface area contributed by atoms with Gasteiger partial charge in [0.15, 0.2) is 0 Å². The van der Waals surface area contributed by atoms with Gasteiger partial charge in [0.1, 0.15) is 0 Å². The molecule has 23 heavy (non-hydrogen) atoms. The topological polar surface area (TPSA) is 49.3 Å². The molecular weight excluding hydrogens is 286 g/mol. The van der Waals surface area contributed by atoms with Crippen molar-refractivity contribution < 1.29 is 15.4 Å². The zero-order valence-corrected chi connectivity index (χ0v) is 14.9. The summed E-state index contributed by atoms with van der Waals surface area (Å²) in [5.74, 6) is -1.00. The normalized spacial score (nSPS) is 15.0. The van der Waals surface area contributed by atoms with Gasteiger partial charge in [0.05, 0.1) is 6.61 Å². The van der Waals surface area contributed by atoms with Crippen molar-refractivity contribution >= 4 is 5.91 Å². The van der Waals surface area contributed by atoms with Crippen LogP contribution in [-0.2, 0) is 4.79 Å². The van der Waals surface area contributed by atoms with Crippen LogP contribution in [0, 0.1) is 0 Å². The number of carbonyl (C=O) groups is 1. The molecule has 1 amide bonds. The Morgan fingerprint density at radius 3 is 2.13 bits per heavy atom. The minimum Gasteiger partial charge on any atom is -0.395 e. The van der Waals surface area contributed by atoms with Crippen LogP contribution in [0.2, 0.25) is 0 Å². The van der Waals surface area contributed by atoms with Gasteiger partial charge in [-0.2, -0.15) is 0 Å². The monoisotopic (exact) mass is 329 g/mol. The van der Waals surface area contributed by atoms with Gasteiger partial charge in [-0.15, -0.1) is 0 Å².